The first-order valence-electron chi connectivity index (χ1n) is 19.7. The highest BCUT2D eigenvalue weighted by atomic mass is 19.1. The summed E-state index contributed by atoms with van der Waals surface area (Å²) in [5, 5.41) is 79.0. The molecule has 4 atom stereocenters. The topological polar surface area (TPSA) is 309 Å². The first kappa shape index (κ1) is 50.0. The monoisotopic (exact) mass is 902 g/mol. The Morgan fingerprint density at radius 2 is 1.06 bits per heavy atom. The van der Waals surface area contributed by atoms with Crippen LogP contribution in [0.15, 0.2) is 109 Å². The van der Waals surface area contributed by atoms with Gasteiger partial charge in [0.2, 0.25) is 0 Å². The third-order valence-electron chi connectivity index (χ3n) is 10.1. The number of carbonyl (C=O) groups excluding carboxylic acids is 1. The lowest BCUT2D eigenvalue weighted by molar-refractivity contribution is -0.152. The zero-order chi connectivity index (χ0) is 47.9. The van der Waals surface area contributed by atoms with Gasteiger partial charge < -0.3 is 47.0 Å². The van der Waals surface area contributed by atoms with Crippen molar-refractivity contribution in [2.45, 2.75) is 51.6 Å². The molecule has 1 amide bonds. The summed E-state index contributed by atoms with van der Waals surface area (Å²) in [5.74, 6) is -4.74. The number of nitrogens with one attached hydrogen (secondary N) is 1. The molecule has 0 spiro atoms. The molecule has 0 unspecified atom stereocenters. The van der Waals surface area contributed by atoms with E-state index < -0.39 is 59.9 Å². The van der Waals surface area contributed by atoms with Crippen molar-refractivity contribution in [1.29, 1.82) is 0 Å². The Labute approximate surface area is 369 Å². The normalized spacial score (nSPS) is 13.6. The number of aliphatic carboxylic acids is 2. The highest BCUT2D eigenvalue weighted by molar-refractivity contribution is 5.92. The van der Waals surface area contributed by atoms with E-state index in [1.165, 1.54) is 26.0 Å². The SMILES string of the molecule is C[C@@](CO)(C[C@@H](Cc1ccc(-c2ccccc2F)cc1)NC(=O)c1cn(O)nn1)C(=O)O.C[C@@](CO)(C[C@H](N)Cc1ccc(-c2ccccc2F)cc1)C(=O)O.O=C(O)c1cn(O)nn1. The van der Waals surface area contributed by atoms with Crippen molar-refractivity contribution in [2.75, 3.05) is 13.2 Å². The third-order valence-corrected chi connectivity index (χ3v) is 10.1. The minimum atomic E-state index is -1.49. The molecule has 0 fully saturated rings. The summed E-state index contributed by atoms with van der Waals surface area (Å²) in [6, 6.07) is 26.3. The van der Waals surface area contributed by atoms with Crippen LogP contribution in [-0.4, -0.2) is 115 Å². The molecular formula is C44H48F2N8O11. The molecule has 10 N–H and O–H groups in total. The van der Waals surface area contributed by atoms with E-state index in [1.54, 1.807) is 60.7 Å². The maximum Gasteiger partial charge on any atom is 0.358 e. The van der Waals surface area contributed by atoms with Crippen LogP contribution in [0.25, 0.3) is 22.3 Å². The molecule has 2 heterocycles. The second-order valence-electron chi connectivity index (χ2n) is 15.5. The Hall–Kier alpha value is -7.62. The fraction of sp³-hybridized carbons (Fsp3) is 0.273. The van der Waals surface area contributed by atoms with Gasteiger partial charge in [-0.1, -0.05) is 94.6 Å². The third kappa shape index (κ3) is 14.2. The quantitative estimate of drug-likeness (QED) is 0.0580. The molecule has 0 saturated carbocycles. The number of amides is 1. The average molecular weight is 903 g/mol. The molecule has 344 valence electrons. The summed E-state index contributed by atoms with van der Waals surface area (Å²) in [6.07, 6.45) is 2.75. The maximum absolute atomic E-state index is 14.0. The Morgan fingerprint density at radius 1 is 0.646 bits per heavy atom. The number of aliphatic hydroxyl groups excluding tert-OH is 2. The first-order valence-corrected chi connectivity index (χ1v) is 19.7. The number of carboxylic acid groups (broad SMARTS) is 3. The fourth-order valence-corrected chi connectivity index (χ4v) is 6.40. The van der Waals surface area contributed by atoms with Crippen molar-refractivity contribution in [1.82, 2.24) is 35.6 Å². The molecule has 6 aromatic rings. The summed E-state index contributed by atoms with van der Waals surface area (Å²) >= 11 is 0. The lowest BCUT2D eigenvalue weighted by Gasteiger charge is -2.28. The number of halogens is 2. The van der Waals surface area contributed by atoms with E-state index >= 15 is 0 Å². The van der Waals surface area contributed by atoms with Crippen molar-refractivity contribution in [3.8, 4) is 22.3 Å². The molecule has 0 aliphatic heterocycles. The van der Waals surface area contributed by atoms with Crippen LogP contribution < -0.4 is 11.1 Å². The second kappa shape index (κ2) is 22.6. The summed E-state index contributed by atoms with van der Waals surface area (Å²) in [4.78, 5) is 46.1. The predicted molar refractivity (Wildman–Crippen MR) is 227 cm³/mol. The number of aromatic nitrogens is 6. The Morgan fingerprint density at radius 3 is 1.43 bits per heavy atom. The summed E-state index contributed by atoms with van der Waals surface area (Å²) < 4.78 is 27.8. The molecule has 6 rings (SSSR count). The first-order chi connectivity index (χ1) is 30.8. The molecular weight excluding hydrogens is 855 g/mol. The van der Waals surface area contributed by atoms with E-state index in [0.717, 1.165) is 29.1 Å². The number of aromatic carboxylic acids is 1. The van der Waals surface area contributed by atoms with E-state index in [4.69, 9.17) is 16.0 Å². The molecule has 0 saturated heterocycles. The maximum atomic E-state index is 14.0. The Balaban J connectivity index is 0.000000245. The minimum absolute atomic E-state index is 0.0626. The van der Waals surface area contributed by atoms with E-state index in [1.807, 2.05) is 24.3 Å². The van der Waals surface area contributed by atoms with Gasteiger partial charge in [0.15, 0.2) is 11.4 Å². The summed E-state index contributed by atoms with van der Waals surface area (Å²) in [6.45, 7) is 1.80. The molecule has 65 heavy (non-hydrogen) atoms. The van der Waals surface area contributed by atoms with Gasteiger partial charge in [-0.05, 0) is 84.3 Å². The van der Waals surface area contributed by atoms with Gasteiger partial charge in [-0.2, -0.15) is 0 Å². The molecule has 0 bridgehead atoms. The van der Waals surface area contributed by atoms with Crippen molar-refractivity contribution >= 4 is 23.8 Å². The van der Waals surface area contributed by atoms with Crippen molar-refractivity contribution in [2.24, 2.45) is 16.6 Å². The van der Waals surface area contributed by atoms with Gasteiger partial charge in [-0.3, -0.25) is 14.4 Å². The number of nitrogens with zero attached hydrogens (tertiary/aromatic N) is 6. The standard InChI is InChI=1S/C22H23FN4O5.C19H22FNO3.C3H3N3O3/c1-22(13-28,21(30)31)11-16(24-20(29)19-12-27(32)26-25-19)10-14-6-8-15(9-7-14)17-4-2-3-5-18(17)23;1-19(12-22,18(23)24)11-15(21)10-13-6-8-14(9-7-13)16-4-2-3-5-17(16)20;7-3(8)2-1-6(9)5-4-2/h2-9,12,16,28,32H,10-11,13H2,1H3,(H,24,29)(H,30,31);2-9,15,22H,10-12,21H2,1H3,(H,23,24);1,9H,(H,7,8)/t16-,22+;15-,19+;/m11./s1. The predicted octanol–water partition coefficient (Wildman–Crippen LogP) is 4.19. The highest BCUT2D eigenvalue weighted by Crippen LogP contribution is 2.28. The number of nitrogens with two attached hydrogens (primary N) is 1. The van der Waals surface area contributed by atoms with Crippen LogP contribution >= 0.6 is 0 Å². The number of carbonyl (C=O) groups is 4. The molecule has 0 aliphatic rings. The molecule has 0 radical (unpaired) electrons. The number of carboxylic acids is 3. The lowest BCUT2D eigenvalue weighted by atomic mass is 9.82. The Bertz CT molecular complexity index is 2540. The number of aliphatic hydroxyl groups is 2. The van der Waals surface area contributed by atoms with Crippen LogP contribution in [-0.2, 0) is 22.4 Å². The van der Waals surface area contributed by atoms with Gasteiger partial charge in [0, 0.05) is 23.2 Å². The van der Waals surface area contributed by atoms with Crippen LogP contribution in [0.1, 0.15) is 58.8 Å². The van der Waals surface area contributed by atoms with Crippen LogP contribution in [0.2, 0.25) is 0 Å². The zero-order valence-corrected chi connectivity index (χ0v) is 35.1. The van der Waals surface area contributed by atoms with Gasteiger partial charge in [-0.25, -0.2) is 13.6 Å². The van der Waals surface area contributed by atoms with E-state index in [9.17, 15) is 53.6 Å². The zero-order valence-electron chi connectivity index (χ0n) is 35.1. The van der Waals surface area contributed by atoms with Gasteiger partial charge in [-0.15, -0.1) is 10.2 Å². The number of hydrogen-bond acceptors (Lipinski definition) is 13. The average Bonchev–Trinajstić information content (AvgIpc) is 3.93. The van der Waals surface area contributed by atoms with Gasteiger partial charge >= 0.3 is 17.9 Å². The second-order valence-corrected chi connectivity index (χ2v) is 15.5. The molecule has 2 aromatic heterocycles. The number of benzene rings is 4. The van der Waals surface area contributed by atoms with Crippen LogP contribution in [0, 0.1) is 22.5 Å². The van der Waals surface area contributed by atoms with Crippen LogP contribution in [0.3, 0.4) is 0 Å². The Kier molecular flexibility index (Phi) is 17.4. The van der Waals surface area contributed by atoms with Crippen molar-refractivity contribution in [3.05, 3.63) is 144 Å². The smallest absolute Gasteiger partial charge is 0.358 e. The largest absolute Gasteiger partial charge is 0.481 e. The summed E-state index contributed by atoms with van der Waals surface area (Å²) in [5.41, 5.74) is 7.04. The number of hydrogen-bond donors (Lipinski definition) is 9. The van der Waals surface area contributed by atoms with Gasteiger partial charge in [0.05, 0.1) is 30.2 Å². The van der Waals surface area contributed by atoms with E-state index in [0.29, 0.717) is 32.8 Å². The summed E-state index contributed by atoms with van der Waals surface area (Å²) in [7, 11) is 0. The van der Waals surface area contributed by atoms with E-state index in [-0.39, 0.29) is 42.3 Å². The molecule has 4 aromatic carbocycles. The fourth-order valence-electron chi connectivity index (χ4n) is 6.40. The molecule has 19 nitrogen and oxygen atoms in total. The molecule has 0 aliphatic carbocycles. The minimum Gasteiger partial charge on any atom is -0.481 e. The van der Waals surface area contributed by atoms with Crippen LogP contribution in [0.4, 0.5) is 8.78 Å². The number of rotatable bonds is 17. The van der Waals surface area contributed by atoms with E-state index in [2.05, 4.69) is 25.9 Å². The van der Waals surface area contributed by atoms with Gasteiger partial charge in [0.25, 0.3) is 5.91 Å². The van der Waals surface area contributed by atoms with Crippen LogP contribution in [0.5, 0.6) is 0 Å². The van der Waals surface area contributed by atoms with Crippen molar-refractivity contribution in [3.63, 3.8) is 0 Å². The van der Waals surface area contributed by atoms with Crippen molar-refractivity contribution < 1.29 is 63.9 Å². The highest BCUT2D eigenvalue weighted by Gasteiger charge is 2.36. The molecule has 21 heteroatoms. The van der Waals surface area contributed by atoms with Gasteiger partial charge in [0.1, 0.15) is 17.8 Å². The lowest BCUT2D eigenvalue weighted by Crippen LogP contribution is -2.44.